The maximum absolute atomic E-state index is 14.0. The number of imidazole rings is 1. The van der Waals surface area contributed by atoms with Gasteiger partial charge in [-0.05, 0) is 36.4 Å². The van der Waals surface area contributed by atoms with Gasteiger partial charge in [0.15, 0.2) is 0 Å². The lowest BCUT2D eigenvalue weighted by Gasteiger charge is -2.05. The van der Waals surface area contributed by atoms with E-state index in [4.69, 9.17) is 0 Å². The molecule has 0 saturated heterocycles. The highest BCUT2D eigenvalue weighted by Gasteiger charge is 2.15. The van der Waals surface area contributed by atoms with E-state index in [0.29, 0.717) is 28.3 Å². The summed E-state index contributed by atoms with van der Waals surface area (Å²) in [6.45, 7) is 0. The first-order valence-electron chi connectivity index (χ1n) is 7.67. The Kier molecular flexibility index (Phi) is 3.70. The van der Waals surface area contributed by atoms with Crippen LogP contribution in [0.5, 0.6) is 0 Å². The van der Waals surface area contributed by atoms with Gasteiger partial charge in [0.05, 0.1) is 11.3 Å². The standard InChI is InChI=1S/C19H13FN4O/c20-15-8-2-1-6-13(15)16-12-24-11-5-7-14(18(24)22-16)19(25)23-17-9-3-4-10-21-17/h1-12H,(H,21,23,25). The monoisotopic (exact) mass is 332 g/mol. The predicted octanol–water partition coefficient (Wildman–Crippen LogP) is 3.79. The molecule has 3 aromatic heterocycles. The van der Waals surface area contributed by atoms with E-state index in [1.807, 2.05) is 0 Å². The molecule has 3 heterocycles. The first-order chi connectivity index (χ1) is 12.2. The average molecular weight is 332 g/mol. The number of carbonyl (C=O) groups is 1. The maximum Gasteiger partial charge on any atom is 0.260 e. The summed E-state index contributed by atoms with van der Waals surface area (Å²) in [4.78, 5) is 21.1. The summed E-state index contributed by atoms with van der Waals surface area (Å²) in [5.41, 5.74) is 1.70. The number of halogens is 1. The van der Waals surface area contributed by atoms with Crippen LogP contribution in [0.4, 0.5) is 10.2 Å². The number of benzene rings is 1. The molecule has 4 aromatic rings. The molecule has 0 unspecified atom stereocenters. The third-order valence-corrected chi connectivity index (χ3v) is 3.78. The number of nitrogens with one attached hydrogen (secondary N) is 1. The van der Waals surface area contributed by atoms with Gasteiger partial charge in [0.2, 0.25) is 0 Å². The number of hydrogen-bond acceptors (Lipinski definition) is 3. The third-order valence-electron chi connectivity index (χ3n) is 3.78. The Hall–Kier alpha value is -3.54. The van der Waals surface area contributed by atoms with Crippen LogP contribution >= 0.6 is 0 Å². The second kappa shape index (κ2) is 6.16. The molecule has 1 amide bonds. The molecule has 0 aliphatic heterocycles. The van der Waals surface area contributed by atoms with Crippen LogP contribution < -0.4 is 5.32 Å². The van der Waals surface area contributed by atoms with Crippen molar-refractivity contribution in [2.24, 2.45) is 0 Å². The van der Waals surface area contributed by atoms with Crippen LogP contribution in [0.1, 0.15) is 10.4 Å². The highest BCUT2D eigenvalue weighted by molar-refractivity contribution is 6.08. The molecular formula is C19H13FN4O. The van der Waals surface area contributed by atoms with E-state index in [9.17, 15) is 9.18 Å². The normalized spacial score (nSPS) is 10.8. The second-order valence-corrected chi connectivity index (χ2v) is 5.43. The molecule has 0 fully saturated rings. The number of nitrogens with zero attached hydrogens (tertiary/aromatic N) is 3. The zero-order valence-electron chi connectivity index (χ0n) is 13.1. The molecule has 1 N–H and O–H groups in total. The van der Waals surface area contributed by atoms with Crippen LogP contribution in [0.15, 0.2) is 73.2 Å². The molecule has 0 aliphatic carbocycles. The maximum atomic E-state index is 14.0. The van der Waals surface area contributed by atoms with Crippen molar-refractivity contribution in [2.75, 3.05) is 5.32 Å². The van der Waals surface area contributed by atoms with E-state index in [0.717, 1.165) is 0 Å². The third kappa shape index (κ3) is 2.85. The van der Waals surface area contributed by atoms with Gasteiger partial charge in [-0.25, -0.2) is 14.4 Å². The second-order valence-electron chi connectivity index (χ2n) is 5.43. The largest absolute Gasteiger partial charge is 0.306 e. The van der Waals surface area contributed by atoms with Crippen molar-refractivity contribution < 1.29 is 9.18 Å². The molecule has 25 heavy (non-hydrogen) atoms. The minimum absolute atomic E-state index is 0.324. The topological polar surface area (TPSA) is 59.3 Å². The number of anilines is 1. The van der Waals surface area contributed by atoms with Crippen molar-refractivity contribution in [1.82, 2.24) is 14.4 Å². The molecular weight excluding hydrogens is 319 g/mol. The van der Waals surface area contributed by atoms with Gasteiger partial charge in [-0.2, -0.15) is 0 Å². The van der Waals surface area contributed by atoms with Gasteiger partial charge < -0.3 is 9.72 Å². The Balaban J connectivity index is 1.75. The van der Waals surface area contributed by atoms with Gasteiger partial charge in [-0.1, -0.05) is 18.2 Å². The van der Waals surface area contributed by atoms with Crippen molar-refractivity contribution in [2.45, 2.75) is 0 Å². The molecule has 4 rings (SSSR count). The zero-order chi connectivity index (χ0) is 17.2. The first kappa shape index (κ1) is 15.0. The lowest BCUT2D eigenvalue weighted by atomic mass is 10.1. The van der Waals surface area contributed by atoms with Crippen LogP contribution in [-0.2, 0) is 0 Å². The van der Waals surface area contributed by atoms with Gasteiger partial charge >= 0.3 is 0 Å². The van der Waals surface area contributed by atoms with Gasteiger partial charge in [-0.3, -0.25) is 4.79 Å². The summed E-state index contributed by atoms with van der Waals surface area (Å²) in [7, 11) is 0. The fourth-order valence-corrected chi connectivity index (χ4v) is 2.61. The van der Waals surface area contributed by atoms with Crippen LogP contribution in [0.25, 0.3) is 16.9 Å². The van der Waals surface area contributed by atoms with E-state index in [2.05, 4.69) is 15.3 Å². The fourth-order valence-electron chi connectivity index (χ4n) is 2.61. The van der Waals surface area contributed by atoms with Crippen molar-refractivity contribution in [3.8, 4) is 11.3 Å². The van der Waals surface area contributed by atoms with Crippen molar-refractivity contribution in [1.29, 1.82) is 0 Å². The first-order valence-corrected chi connectivity index (χ1v) is 7.67. The van der Waals surface area contributed by atoms with Gasteiger partial charge in [0, 0.05) is 24.2 Å². The lowest BCUT2D eigenvalue weighted by Crippen LogP contribution is -2.14. The number of aromatic nitrogens is 3. The van der Waals surface area contributed by atoms with E-state index in [1.165, 1.54) is 6.07 Å². The minimum atomic E-state index is -0.356. The van der Waals surface area contributed by atoms with E-state index >= 15 is 0 Å². The number of rotatable bonds is 3. The van der Waals surface area contributed by atoms with Gasteiger partial charge in [0.1, 0.15) is 17.3 Å². The molecule has 0 bridgehead atoms. The highest BCUT2D eigenvalue weighted by Crippen LogP contribution is 2.23. The van der Waals surface area contributed by atoms with Crippen molar-refractivity contribution >= 4 is 17.4 Å². The lowest BCUT2D eigenvalue weighted by molar-refractivity contribution is 0.102. The smallest absolute Gasteiger partial charge is 0.260 e. The predicted molar refractivity (Wildman–Crippen MR) is 92.8 cm³/mol. The number of amides is 1. The summed E-state index contributed by atoms with van der Waals surface area (Å²) in [6, 6.07) is 15.1. The van der Waals surface area contributed by atoms with Crippen LogP contribution in [0, 0.1) is 5.82 Å². The molecule has 0 saturated carbocycles. The molecule has 0 radical (unpaired) electrons. The zero-order valence-corrected chi connectivity index (χ0v) is 13.1. The molecule has 6 heteroatoms. The summed E-state index contributed by atoms with van der Waals surface area (Å²) >= 11 is 0. The Labute approximate surface area is 142 Å². The molecule has 0 aliphatic rings. The molecule has 122 valence electrons. The van der Waals surface area contributed by atoms with Crippen LogP contribution in [0.2, 0.25) is 0 Å². The molecule has 0 spiro atoms. The minimum Gasteiger partial charge on any atom is -0.306 e. The van der Waals surface area contributed by atoms with Gasteiger partial charge in [-0.15, -0.1) is 0 Å². The Morgan fingerprint density at radius 1 is 1.04 bits per heavy atom. The quantitative estimate of drug-likeness (QED) is 0.621. The molecule has 1 aromatic carbocycles. The summed E-state index contributed by atoms with van der Waals surface area (Å²) in [6.07, 6.45) is 5.07. The molecule has 0 atom stereocenters. The highest BCUT2D eigenvalue weighted by atomic mass is 19.1. The Morgan fingerprint density at radius 2 is 1.88 bits per heavy atom. The Bertz CT molecular complexity index is 1060. The van der Waals surface area contributed by atoms with Crippen molar-refractivity contribution in [3.05, 3.63) is 84.6 Å². The van der Waals surface area contributed by atoms with Crippen LogP contribution in [0.3, 0.4) is 0 Å². The van der Waals surface area contributed by atoms with Crippen LogP contribution in [-0.4, -0.2) is 20.3 Å². The molecule has 5 nitrogen and oxygen atoms in total. The summed E-state index contributed by atoms with van der Waals surface area (Å²) < 4.78 is 15.7. The van der Waals surface area contributed by atoms with E-state index in [1.54, 1.807) is 71.5 Å². The fraction of sp³-hybridized carbons (Fsp3) is 0. The SMILES string of the molecule is O=C(Nc1ccccn1)c1cccn2cc(-c3ccccc3F)nc12. The average Bonchev–Trinajstić information content (AvgIpc) is 3.06. The summed E-state index contributed by atoms with van der Waals surface area (Å²) in [5.74, 6) is -0.226. The number of fused-ring (bicyclic) bond motifs is 1. The number of hydrogen-bond donors (Lipinski definition) is 1. The number of pyridine rings is 2. The number of carbonyl (C=O) groups excluding carboxylic acids is 1. The van der Waals surface area contributed by atoms with Crippen molar-refractivity contribution in [3.63, 3.8) is 0 Å². The summed E-state index contributed by atoms with van der Waals surface area (Å²) in [5, 5.41) is 2.73. The van der Waals surface area contributed by atoms with E-state index in [-0.39, 0.29) is 11.7 Å². The van der Waals surface area contributed by atoms with E-state index < -0.39 is 0 Å². The Morgan fingerprint density at radius 3 is 2.68 bits per heavy atom. The van der Waals surface area contributed by atoms with Gasteiger partial charge in [0.25, 0.3) is 5.91 Å².